The molecular weight excluding hydrogens is 335 g/mol. The van der Waals surface area contributed by atoms with Crippen molar-refractivity contribution in [1.29, 1.82) is 0 Å². The Morgan fingerprint density at radius 1 is 1.14 bits per heavy atom. The predicted octanol–water partition coefficient (Wildman–Crippen LogP) is 1.73. The fourth-order valence-corrected chi connectivity index (χ4v) is 2.84. The molecule has 1 aromatic carbocycles. The number of hydrogen-bond acceptors (Lipinski definition) is 5. The lowest BCUT2D eigenvalue weighted by atomic mass is 10.2. The predicted molar refractivity (Wildman–Crippen MR) is 67.5 cm³/mol. The number of rotatable bonds is 5. The van der Waals surface area contributed by atoms with Gasteiger partial charge >= 0.3 is 15.6 Å². The first-order chi connectivity index (χ1) is 9.41. The highest BCUT2D eigenvalue weighted by molar-refractivity contribution is 7.91. The van der Waals surface area contributed by atoms with Crippen LogP contribution in [-0.4, -0.2) is 33.9 Å². The molecular formula is C10H10F3NO5S2. The van der Waals surface area contributed by atoms with Crippen LogP contribution in [0.1, 0.15) is 5.56 Å². The second-order valence-electron chi connectivity index (χ2n) is 3.66. The number of alkyl halides is 3. The van der Waals surface area contributed by atoms with Gasteiger partial charge in [0.15, 0.2) is 0 Å². The van der Waals surface area contributed by atoms with Gasteiger partial charge in [-0.15, -0.1) is 0 Å². The lowest BCUT2D eigenvalue weighted by molar-refractivity contribution is -0.0688. The van der Waals surface area contributed by atoms with E-state index < -0.39 is 30.5 Å². The van der Waals surface area contributed by atoms with Gasteiger partial charge in [0.2, 0.25) is 0 Å². The number of benzene rings is 1. The van der Waals surface area contributed by atoms with Crippen LogP contribution < -0.4 is 0 Å². The maximum atomic E-state index is 12.1. The maximum Gasteiger partial charge on any atom is 0.524 e. The molecule has 0 saturated heterocycles. The van der Waals surface area contributed by atoms with Crippen molar-refractivity contribution in [3.8, 4) is 0 Å². The van der Waals surface area contributed by atoms with Crippen LogP contribution >= 0.6 is 0 Å². The number of nitrogens with zero attached hydrogens (tertiary/aromatic N) is 1. The van der Waals surface area contributed by atoms with Crippen LogP contribution in [0.5, 0.6) is 0 Å². The van der Waals surface area contributed by atoms with Crippen LogP contribution in [0.3, 0.4) is 0 Å². The van der Waals surface area contributed by atoms with Crippen LogP contribution in [0.25, 0.3) is 6.08 Å². The van der Waals surface area contributed by atoms with E-state index in [9.17, 15) is 30.0 Å². The number of hydrogen-bond donors (Lipinski definition) is 0. The zero-order valence-electron chi connectivity index (χ0n) is 10.5. The molecule has 6 nitrogen and oxygen atoms in total. The molecule has 0 aliphatic heterocycles. The SMILES string of the molecule is C=Cc1ccc(S(=O)(=O)N(C)OS(=O)(=O)C(F)(F)F)cc1. The first-order valence-electron chi connectivity index (χ1n) is 5.14. The summed E-state index contributed by atoms with van der Waals surface area (Å²) >= 11 is 0. The molecule has 1 rings (SSSR count). The number of halogens is 3. The summed E-state index contributed by atoms with van der Waals surface area (Å²) in [6.07, 6.45) is 1.42. The molecule has 21 heavy (non-hydrogen) atoms. The third-order valence-corrected chi connectivity index (χ3v) is 4.94. The minimum Gasteiger partial charge on any atom is -0.205 e. The second-order valence-corrected chi connectivity index (χ2v) is 7.12. The molecule has 0 radical (unpaired) electrons. The summed E-state index contributed by atoms with van der Waals surface area (Å²) in [5.74, 6) is 0. The van der Waals surface area contributed by atoms with E-state index >= 15 is 0 Å². The van der Waals surface area contributed by atoms with Crippen LogP contribution in [0.4, 0.5) is 13.2 Å². The normalized spacial score (nSPS) is 13.4. The van der Waals surface area contributed by atoms with E-state index in [1.54, 1.807) is 0 Å². The molecule has 1 aromatic rings. The van der Waals surface area contributed by atoms with Crippen molar-refractivity contribution in [2.24, 2.45) is 0 Å². The summed E-state index contributed by atoms with van der Waals surface area (Å²) in [4.78, 5) is -0.437. The fraction of sp³-hybridized carbons (Fsp3) is 0.200. The lowest BCUT2D eigenvalue weighted by Gasteiger charge is -2.17. The Morgan fingerprint density at radius 3 is 2.00 bits per heavy atom. The molecule has 0 unspecified atom stereocenters. The van der Waals surface area contributed by atoms with Gasteiger partial charge in [-0.25, -0.2) is 8.42 Å². The van der Waals surface area contributed by atoms with Crippen LogP contribution in [0, 0.1) is 0 Å². The average Bonchev–Trinajstić information content (AvgIpc) is 2.36. The van der Waals surface area contributed by atoms with Crippen molar-refractivity contribution in [3.05, 3.63) is 36.4 Å². The highest BCUT2D eigenvalue weighted by atomic mass is 32.2. The molecule has 0 aliphatic rings. The molecule has 0 saturated carbocycles. The van der Waals surface area contributed by atoms with Crippen molar-refractivity contribution in [2.75, 3.05) is 7.05 Å². The highest BCUT2D eigenvalue weighted by Crippen LogP contribution is 2.27. The summed E-state index contributed by atoms with van der Waals surface area (Å²) in [7, 11) is -10.1. The van der Waals surface area contributed by atoms with Crippen molar-refractivity contribution in [2.45, 2.75) is 10.4 Å². The van der Waals surface area contributed by atoms with E-state index in [0.29, 0.717) is 12.6 Å². The highest BCUT2D eigenvalue weighted by Gasteiger charge is 2.49. The monoisotopic (exact) mass is 345 g/mol. The third kappa shape index (κ3) is 3.81. The van der Waals surface area contributed by atoms with Gasteiger partial charge in [-0.2, -0.15) is 25.9 Å². The molecule has 11 heteroatoms. The first kappa shape index (κ1) is 17.6. The van der Waals surface area contributed by atoms with E-state index in [4.69, 9.17) is 0 Å². The summed E-state index contributed by atoms with van der Waals surface area (Å²) < 4.78 is 84.9. The van der Waals surface area contributed by atoms with Gasteiger partial charge in [0.25, 0.3) is 10.0 Å². The summed E-state index contributed by atoms with van der Waals surface area (Å²) in [6, 6.07) is 4.83. The van der Waals surface area contributed by atoms with Gasteiger partial charge < -0.3 is 0 Å². The van der Waals surface area contributed by atoms with Crippen LogP contribution in [-0.2, 0) is 24.4 Å². The molecule has 0 spiro atoms. The molecule has 0 aliphatic carbocycles. The smallest absolute Gasteiger partial charge is 0.205 e. The molecule has 0 N–H and O–H groups in total. The summed E-state index contributed by atoms with van der Waals surface area (Å²) in [6.45, 7) is 3.44. The van der Waals surface area contributed by atoms with Gasteiger partial charge in [0.05, 0.1) is 4.90 Å². The van der Waals surface area contributed by atoms with Gasteiger partial charge in [0.1, 0.15) is 0 Å². The minimum atomic E-state index is -6.07. The minimum absolute atomic E-state index is 0.362. The molecule has 0 aromatic heterocycles. The van der Waals surface area contributed by atoms with Crippen molar-refractivity contribution in [3.63, 3.8) is 0 Å². The van der Waals surface area contributed by atoms with E-state index in [1.165, 1.54) is 18.2 Å². The molecule has 0 amide bonds. The standard InChI is InChI=1S/C10H10F3NO5S2/c1-3-8-4-6-9(7-5-8)20(15,16)14(2)19-21(17,18)10(11,12)13/h3-7H,1H2,2H3. The Bertz CT molecular complexity index is 723. The van der Waals surface area contributed by atoms with E-state index in [2.05, 4.69) is 10.9 Å². The average molecular weight is 345 g/mol. The van der Waals surface area contributed by atoms with Gasteiger partial charge in [0, 0.05) is 7.05 Å². The zero-order chi connectivity index (χ0) is 16.5. The largest absolute Gasteiger partial charge is 0.524 e. The Hall–Kier alpha value is -1.43. The first-order valence-corrected chi connectivity index (χ1v) is 7.99. The van der Waals surface area contributed by atoms with Crippen LogP contribution in [0.15, 0.2) is 35.7 Å². The molecule has 0 bridgehead atoms. The van der Waals surface area contributed by atoms with Crippen molar-refractivity contribution in [1.82, 2.24) is 4.47 Å². The summed E-state index contributed by atoms with van der Waals surface area (Å²) in [5.41, 5.74) is -5.16. The van der Waals surface area contributed by atoms with Crippen LogP contribution in [0.2, 0.25) is 0 Å². The zero-order valence-corrected chi connectivity index (χ0v) is 12.2. The van der Waals surface area contributed by atoms with E-state index in [-0.39, 0.29) is 4.47 Å². The van der Waals surface area contributed by atoms with Gasteiger partial charge in [-0.1, -0.05) is 29.3 Å². The fourth-order valence-electron chi connectivity index (χ4n) is 1.14. The summed E-state index contributed by atoms with van der Waals surface area (Å²) in [5, 5.41) is 0. The Morgan fingerprint density at radius 2 is 1.62 bits per heavy atom. The topological polar surface area (TPSA) is 80.8 Å². The van der Waals surface area contributed by atoms with Gasteiger partial charge in [-0.05, 0) is 17.7 Å². The third-order valence-electron chi connectivity index (χ3n) is 2.24. The van der Waals surface area contributed by atoms with Crippen molar-refractivity contribution < 1.29 is 34.3 Å². The Kier molecular flexibility index (Phi) is 4.83. The maximum absolute atomic E-state index is 12.1. The molecule has 0 atom stereocenters. The molecule has 0 fully saturated rings. The van der Waals surface area contributed by atoms with E-state index in [0.717, 1.165) is 12.1 Å². The quantitative estimate of drug-likeness (QED) is 0.600. The number of hydroxylamine groups is 1. The van der Waals surface area contributed by atoms with Crippen molar-refractivity contribution >= 4 is 26.2 Å². The molecule has 118 valence electrons. The number of sulfonamides is 1. The Labute approximate surface area is 119 Å². The van der Waals surface area contributed by atoms with E-state index in [1.807, 2.05) is 0 Å². The molecule has 0 heterocycles. The second kappa shape index (κ2) is 5.75. The van der Waals surface area contributed by atoms with Gasteiger partial charge in [-0.3, -0.25) is 0 Å². The Balaban J connectivity index is 3.10. The lowest BCUT2D eigenvalue weighted by Crippen LogP contribution is -2.36.